The van der Waals surface area contributed by atoms with E-state index >= 15 is 0 Å². The summed E-state index contributed by atoms with van der Waals surface area (Å²) < 4.78 is 33.6. The Hall–Kier alpha value is -3.21. The number of nitrogens with zero attached hydrogens (tertiary/aromatic N) is 1. The average Bonchev–Trinajstić information content (AvgIpc) is 3.27. The summed E-state index contributed by atoms with van der Waals surface area (Å²) in [5.74, 6) is -1.60. The minimum atomic E-state index is -3.84. The van der Waals surface area contributed by atoms with Gasteiger partial charge in [-0.25, -0.2) is 8.42 Å². The van der Waals surface area contributed by atoms with E-state index in [1.165, 1.54) is 4.31 Å². The molecule has 0 spiro atoms. The summed E-state index contributed by atoms with van der Waals surface area (Å²) in [7, 11) is -3.84. The second-order valence-electron chi connectivity index (χ2n) is 8.64. The number of aryl methyl sites for hydroxylation is 2. The standard InChI is InChI=1S/C25H30N4O5S/c1-17-8-9-18(2)22(14-17)35(32,33)29-12-5-13-34-23(29)16-28-25(31)24(30)26-11-10-19-15-27-21-7-4-3-6-20(19)21/h3-4,6-9,14-15,23,27H,5,10-13,16H2,1-2H3,(H,26,30)(H,28,31)/t23-/m0/s1. The summed E-state index contributed by atoms with van der Waals surface area (Å²) in [6.45, 7) is 4.39. The van der Waals surface area contributed by atoms with Crippen molar-refractivity contribution in [1.29, 1.82) is 0 Å². The fourth-order valence-corrected chi connectivity index (χ4v) is 6.08. The lowest BCUT2D eigenvalue weighted by Gasteiger charge is -2.35. The van der Waals surface area contributed by atoms with Gasteiger partial charge >= 0.3 is 11.8 Å². The molecule has 1 saturated heterocycles. The van der Waals surface area contributed by atoms with E-state index in [9.17, 15) is 18.0 Å². The van der Waals surface area contributed by atoms with Gasteiger partial charge in [0.2, 0.25) is 10.0 Å². The molecule has 4 rings (SSSR count). The van der Waals surface area contributed by atoms with Gasteiger partial charge in [-0.3, -0.25) is 9.59 Å². The van der Waals surface area contributed by atoms with Crippen LogP contribution < -0.4 is 10.6 Å². The number of fused-ring (bicyclic) bond motifs is 1. The maximum Gasteiger partial charge on any atom is 0.309 e. The predicted octanol–water partition coefficient (Wildman–Crippen LogP) is 2.00. The molecule has 0 aliphatic carbocycles. The van der Waals surface area contributed by atoms with E-state index in [2.05, 4.69) is 15.6 Å². The molecule has 10 heteroatoms. The third-order valence-electron chi connectivity index (χ3n) is 6.08. The molecule has 0 saturated carbocycles. The number of amides is 2. The first kappa shape index (κ1) is 24.9. The van der Waals surface area contributed by atoms with Crippen molar-refractivity contribution < 1.29 is 22.7 Å². The molecule has 0 unspecified atom stereocenters. The fraction of sp³-hybridized carbons (Fsp3) is 0.360. The zero-order valence-corrected chi connectivity index (χ0v) is 20.7. The highest BCUT2D eigenvalue weighted by Gasteiger charge is 2.35. The summed E-state index contributed by atoms with van der Waals surface area (Å²) >= 11 is 0. The highest BCUT2D eigenvalue weighted by atomic mass is 32.2. The van der Waals surface area contributed by atoms with Gasteiger partial charge in [0.25, 0.3) is 0 Å². The van der Waals surface area contributed by atoms with E-state index in [4.69, 9.17) is 4.74 Å². The van der Waals surface area contributed by atoms with Gasteiger partial charge in [0.05, 0.1) is 18.0 Å². The van der Waals surface area contributed by atoms with E-state index in [1.807, 2.05) is 43.5 Å². The molecule has 9 nitrogen and oxygen atoms in total. The monoisotopic (exact) mass is 498 g/mol. The van der Waals surface area contributed by atoms with Crippen molar-refractivity contribution in [2.24, 2.45) is 0 Å². The topological polar surface area (TPSA) is 121 Å². The van der Waals surface area contributed by atoms with Crippen LogP contribution in [0.1, 0.15) is 23.1 Å². The molecule has 2 aromatic carbocycles. The summed E-state index contributed by atoms with van der Waals surface area (Å²) in [5.41, 5.74) is 3.53. The molecule has 35 heavy (non-hydrogen) atoms. The highest BCUT2D eigenvalue weighted by molar-refractivity contribution is 7.89. The van der Waals surface area contributed by atoms with Crippen LogP contribution in [0.25, 0.3) is 10.9 Å². The molecule has 3 N–H and O–H groups in total. The summed E-state index contributed by atoms with van der Waals surface area (Å²) in [5, 5.41) is 6.21. The molecule has 1 aliphatic rings. The van der Waals surface area contributed by atoms with Crippen molar-refractivity contribution in [2.45, 2.75) is 37.8 Å². The Kier molecular flexibility index (Phi) is 7.54. The third kappa shape index (κ3) is 5.55. The largest absolute Gasteiger partial charge is 0.361 e. The Bertz CT molecular complexity index is 1330. The van der Waals surface area contributed by atoms with Crippen LogP contribution in [0.5, 0.6) is 0 Å². The van der Waals surface area contributed by atoms with Crippen LogP contribution in [-0.2, 0) is 30.8 Å². The lowest BCUT2D eigenvalue weighted by Crippen LogP contribution is -2.53. The lowest BCUT2D eigenvalue weighted by molar-refractivity contribution is -0.140. The van der Waals surface area contributed by atoms with Crippen molar-refractivity contribution in [1.82, 2.24) is 19.9 Å². The maximum atomic E-state index is 13.3. The van der Waals surface area contributed by atoms with Gasteiger partial charge in [-0.05, 0) is 55.5 Å². The van der Waals surface area contributed by atoms with E-state index in [0.29, 0.717) is 31.6 Å². The number of H-pyrrole nitrogens is 1. The number of hydrogen-bond donors (Lipinski definition) is 3. The Morgan fingerprint density at radius 3 is 2.71 bits per heavy atom. The van der Waals surface area contributed by atoms with Crippen LogP contribution in [0, 0.1) is 13.8 Å². The molecule has 0 bridgehead atoms. The molecule has 1 aliphatic heterocycles. The lowest BCUT2D eigenvalue weighted by atomic mass is 10.1. The van der Waals surface area contributed by atoms with E-state index in [-0.39, 0.29) is 18.0 Å². The molecule has 3 aromatic rings. The van der Waals surface area contributed by atoms with Gasteiger partial charge < -0.3 is 20.4 Å². The number of carbonyl (C=O) groups is 2. The molecular formula is C25H30N4O5S. The van der Waals surface area contributed by atoms with Crippen LogP contribution in [0.15, 0.2) is 53.6 Å². The zero-order chi connectivity index (χ0) is 25.0. The summed E-state index contributed by atoms with van der Waals surface area (Å²) in [6.07, 6.45) is 2.11. The number of rotatable bonds is 7. The van der Waals surface area contributed by atoms with Crippen LogP contribution in [0.4, 0.5) is 0 Å². The van der Waals surface area contributed by atoms with Crippen LogP contribution >= 0.6 is 0 Å². The van der Waals surface area contributed by atoms with Crippen LogP contribution in [0.3, 0.4) is 0 Å². The highest BCUT2D eigenvalue weighted by Crippen LogP contribution is 2.25. The van der Waals surface area contributed by atoms with E-state index in [1.54, 1.807) is 19.1 Å². The number of para-hydroxylation sites is 1. The van der Waals surface area contributed by atoms with Crippen molar-refractivity contribution in [3.63, 3.8) is 0 Å². The Labute approximate surface area is 204 Å². The Morgan fingerprint density at radius 1 is 1.11 bits per heavy atom. The van der Waals surface area contributed by atoms with E-state index < -0.39 is 28.1 Å². The average molecular weight is 499 g/mol. The smallest absolute Gasteiger partial charge is 0.309 e. The second kappa shape index (κ2) is 10.6. The minimum Gasteiger partial charge on any atom is -0.361 e. The number of carbonyl (C=O) groups excluding carboxylic acids is 2. The number of aromatic amines is 1. The number of benzene rings is 2. The number of ether oxygens (including phenoxy) is 1. The van der Waals surface area contributed by atoms with Crippen molar-refractivity contribution >= 4 is 32.7 Å². The zero-order valence-electron chi connectivity index (χ0n) is 19.8. The van der Waals surface area contributed by atoms with Crippen molar-refractivity contribution in [3.8, 4) is 0 Å². The first-order chi connectivity index (χ1) is 16.8. The first-order valence-electron chi connectivity index (χ1n) is 11.6. The number of hydrogen-bond acceptors (Lipinski definition) is 5. The van der Waals surface area contributed by atoms with Crippen molar-refractivity contribution in [3.05, 3.63) is 65.4 Å². The van der Waals surface area contributed by atoms with Gasteiger partial charge in [0, 0.05) is 30.2 Å². The normalized spacial score (nSPS) is 16.8. The molecular weight excluding hydrogens is 468 g/mol. The van der Waals surface area contributed by atoms with Crippen molar-refractivity contribution in [2.75, 3.05) is 26.2 Å². The fourth-order valence-electron chi connectivity index (χ4n) is 4.20. The summed E-state index contributed by atoms with van der Waals surface area (Å²) in [6, 6.07) is 13.1. The quantitative estimate of drug-likeness (QED) is 0.431. The molecule has 1 atom stereocenters. The number of sulfonamides is 1. The minimum absolute atomic E-state index is 0.126. The van der Waals surface area contributed by atoms with Gasteiger partial charge in [0.15, 0.2) is 0 Å². The van der Waals surface area contributed by atoms with E-state index in [0.717, 1.165) is 22.0 Å². The van der Waals surface area contributed by atoms with Gasteiger partial charge in [-0.15, -0.1) is 0 Å². The number of nitrogens with one attached hydrogen (secondary N) is 3. The maximum absolute atomic E-state index is 13.3. The molecule has 1 aromatic heterocycles. The van der Waals surface area contributed by atoms with Gasteiger partial charge in [-0.1, -0.05) is 30.3 Å². The van der Waals surface area contributed by atoms with Gasteiger partial charge in [0.1, 0.15) is 6.23 Å². The number of aromatic nitrogens is 1. The molecule has 2 heterocycles. The Balaban J connectivity index is 1.33. The molecule has 0 radical (unpaired) electrons. The first-order valence-corrected chi connectivity index (χ1v) is 13.0. The van der Waals surface area contributed by atoms with Crippen LogP contribution in [-0.4, -0.2) is 62.0 Å². The van der Waals surface area contributed by atoms with Gasteiger partial charge in [-0.2, -0.15) is 4.31 Å². The molecule has 186 valence electrons. The SMILES string of the molecule is Cc1ccc(C)c(S(=O)(=O)N2CCCO[C@H]2CNC(=O)C(=O)NCCc2c[nH]c3ccccc23)c1. The predicted molar refractivity (Wildman–Crippen MR) is 132 cm³/mol. The Morgan fingerprint density at radius 2 is 1.89 bits per heavy atom. The molecule has 2 amide bonds. The second-order valence-corrected chi connectivity index (χ2v) is 10.5. The molecule has 1 fully saturated rings. The third-order valence-corrected chi connectivity index (χ3v) is 8.11. The van der Waals surface area contributed by atoms with Crippen LogP contribution in [0.2, 0.25) is 0 Å². The summed E-state index contributed by atoms with van der Waals surface area (Å²) in [4.78, 5) is 28.0.